The van der Waals surface area contributed by atoms with Gasteiger partial charge in [-0.05, 0) is 50.2 Å². The molecule has 21 heavy (non-hydrogen) atoms. The average molecular weight is 284 g/mol. The number of benzene rings is 2. The summed E-state index contributed by atoms with van der Waals surface area (Å²) in [5.41, 5.74) is 13.0. The zero-order valence-corrected chi connectivity index (χ0v) is 11.8. The lowest BCUT2D eigenvalue weighted by Gasteiger charge is -2.13. The monoisotopic (exact) mass is 284 g/mol. The molecule has 0 amide bonds. The summed E-state index contributed by atoms with van der Waals surface area (Å²) in [6.45, 7) is 2.85. The van der Waals surface area contributed by atoms with E-state index in [2.05, 4.69) is 0 Å². The van der Waals surface area contributed by atoms with Gasteiger partial charge in [-0.3, -0.25) is 9.59 Å². The van der Waals surface area contributed by atoms with Crippen molar-refractivity contribution in [3.8, 4) is 11.5 Å². The molecular formula is C16H16N2O3. The van der Waals surface area contributed by atoms with Crippen molar-refractivity contribution < 1.29 is 14.3 Å². The van der Waals surface area contributed by atoms with Crippen LogP contribution < -0.4 is 16.2 Å². The normalized spacial score (nSPS) is 10.2. The highest BCUT2D eigenvalue weighted by Crippen LogP contribution is 2.31. The minimum Gasteiger partial charge on any atom is -0.456 e. The van der Waals surface area contributed by atoms with Crippen LogP contribution in [0.1, 0.15) is 34.6 Å². The van der Waals surface area contributed by atoms with Gasteiger partial charge in [-0.1, -0.05) is 0 Å². The van der Waals surface area contributed by atoms with Crippen molar-refractivity contribution in [2.45, 2.75) is 13.8 Å². The number of carbonyl (C=O) groups excluding carboxylic acids is 2. The van der Waals surface area contributed by atoms with Gasteiger partial charge < -0.3 is 16.2 Å². The van der Waals surface area contributed by atoms with E-state index in [0.29, 0.717) is 34.0 Å². The molecule has 4 N–H and O–H groups in total. The zero-order valence-electron chi connectivity index (χ0n) is 11.8. The molecule has 0 saturated heterocycles. The highest BCUT2D eigenvalue weighted by Gasteiger charge is 2.14. The van der Waals surface area contributed by atoms with E-state index in [-0.39, 0.29) is 11.6 Å². The Kier molecular flexibility index (Phi) is 3.93. The first-order valence-electron chi connectivity index (χ1n) is 6.37. The van der Waals surface area contributed by atoms with Crippen LogP contribution in [0.25, 0.3) is 0 Å². The van der Waals surface area contributed by atoms with Crippen molar-refractivity contribution in [2.24, 2.45) is 0 Å². The molecule has 108 valence electrons. The lowest BCUT2D eigenvalue weighted by atomic mass is 10.1. The van der Waals surface area contributed by atoms with E-state index >= 15 is 0 Å². The molecule has 2 rings (SSSR count). The fourth-order valence-corrected chi connectivity index (χ4v) is 1.94. The van der Waals surface area contributed by atoms with Gasteiger partial charge in [0.15, 0.2) is 11.6 Å². The summed E-state index contributed by atoms with van der Waals surface area (Å²) >= 11 is 0. The molecule has 0 bridgehead atoms. The van der Waals surface area contributed by atoms with Gasteiger partial charge in [0, 0.05) is 11.4 Å². The van der Waals surface area contributed by atoms with Crippen molar-refractivity contribution >= 4 is 22.9 Å². The topological polar surface area (TPSA) is 95.4 Å². The van der Waals surface area contributed by atoms with Gasteiger partial charge in [-0.25, -0.2) is 0 Å². The first-order chi connectivity index (χ1) is 9.88. The Labute approximate surface area is 122 Å². The first kappa shape index (κ1) is 14.6. The molecule has 0 aromatic heterocycles. The molecular weight excluding hydrogens is 268 g/mol. The fourth-order valence-electron chi connectivity index (χ4n) is 1.94. The summed E-state index contributed by atoms with van der Waals surface area (Å²) < 4.78 is 5.72. The number of nitrogens with two attached hydrogens (primary N) is 2. The van der Waals surface area contributed by atoms with E-state index in [4.69, 9.17) is 16.2 Å². The van der Waals surface area contributed by atoms with Crippen LogP contribution in [-0.2, 0) is 0 Å². The third-order valence-electron chi connectivity index (χ3n) is 2.99. The molecule has 5 heteroatoms. The second kappa shape index (κ2) is 5.66. The van der Waals surface area contributed by atoms with E-state index in [1.807, 2.05) is 0 Å². The predicted octanol–water partition coefficient (Wildman–Crippen LogP) is 3.05. The molecule has 2 aromatic carbocycles. The SMILES string of the molecule is CC(=O)c1cc(N)ccc1Oc1ccc(N)cc1C(C)=O. The number of hydrogen-bond acceptors (Lipinski definition) is 5. The number of ether oxygens (including phenoxy) is 1. The summed E-state index contributed by atoms with van der Waals surface area (Å²) in [4.78, 5) is 23.3. The molecule has 0 spiro atoms. The van der Waals surface area contributed by atoms with Gasteiger partial charge in [0.25, 0.3) is 0 Å². The van der Waals surface area contributed by atoms with Gasteiger partial charge in [0.1, 0.15) is 11.5 Å². The molecule has 0 saturated carbocycles. The molecule has 0 atom stereocenters. The quantitative estimate of drug-likeness (QED) is 0.664. The molecule has 5 nitrogen and oxygen atoms in total. The van der Waals surface area contributed by atoms with Gasteiger partial charge in [0.2, 0.25) is 0 Å². The molecule has 0 fully saturated rings. The highest BCUT2D eigenvalue weighted by atomic mass is 16.5. The number of hydrogen-bond donors (Lipinski definition) is 2. The van der Waals surface area contributed by atoms with Crippen LogP contribution in [-0.4, -0.2) is 11.6 Å². The van der Waals surface area contributed by atoms with Crippen molar-refractivity contribution in [3.63, 3.8) is 0 Å². The van der Waals surface area contributed by atoms with Crippen LogP contribution in [0.5, 0.6) is 11.5 Å². The average Bonchev–Trinajstić information content (AvgIpc) is 2.42. The van der Waals surface area contributed by atoms with Crippen molar-refractivity contribution in [3.05, 3.63) is 47.5 Å². The third kappa shape index (κ3) is 3.20. The summed E-state index contributed by atoms with van der Waals surface area (Å²) in [5, 5.41) is 0. The third-order valence-corrected chi connectivity index (χ3v) is 2.99. The Balaban J connectivity index is 2.48. The molecule has 0 aliphatic rings. The standard InChI is InChI=1S/C16H16N2O3/c1-9(19)13-7-11(17)3-5-15(13)21-16-6-4-12(18)8-14(16)10(2)20/h3-8H,17-18H2,1-2H3. The number of carbonyl (C=O) groups is 2. The molecule has 0 aliphatic heterocycles. The lowest BCUT2D eigenvalue weighted by Crippen LogP contribution is -2.02. The van der Waals surface area contributed by atoms with E-state index < -0.39 is 0 Å². The molecule has 0 unspecified atom stereocenters. The molecule has 0 radical (unpaired) electrons. The van der Waals surface area contributed by atoms with Crippen LogP contribution in [0, 0.1) is 0 Å². The number of Topliss-reactive ketones (excluding diaryl/α,β-unsaturated/α-hetero) is 2. The van der Waals surface area contributed by atoms with Crippen molar-refractivity contribution in [1.82, 2.24) is 0 Å². The molecule has 2 aromatic rings. The lowest BCUT2D eigenvalue weighted by molar-refractivity contribution is 0.101. The summed E-state index contributed by atoms with van der Waals surface area (Å²) in [7, 11) is 0. The number of nitrogen functional groups attached to an aromatic ring is 2. The zero-order chi connectivity index (χ0) is 15.6. The van der Waals surface area contributed by atoms with Crippen LogP contribution in [0.3, 0.4) is 0 Å². The maximum atomic E-state index is 11.7. The van der Waals surface area contributed by atoms with Crippen LogP contribution >= 0.6 is 0 Å². The summed E-state index contributed by atoms with van der Waals surface area (Å²) in [5.74, 6) is 0.363. The fraction of sp³-hybridized carbons (Fsp3) is 0.125. The van der Waals surface area contributed by atoms with E-state index in [0.717, 1.165) is 0 Å². The maximum Gasteiger partial charge on any atom is 0.163 e. The van der Waals surface area contributed by atoms with E-state index in [1.165, 1.54) is 13.8 Å². The van der Waals surface area contributed by atoms with Gasteiger partial charge in [0.05, 0.1) is 11.1 Å². The summed E-state index contributed by atoms with van der Waals surface area (Å²) in [6, 6.07) is 9.56. The first-order valence-corrected chi connectivity index (χ1v) is 6.37. The van der Waals surface area contributed by atoms with Gasteiger partial charge in [-0.2, -0.15) is 0 Å². The Hall–Kier alpha value is -2.82. The van der Waals surface area contributed by atoms with Crippen LogP contribution in [0.2, 0.25) is 0 Å². The van der Waals surface area contributed by atoms with Crippen LogP contribution in [0.4, 0.5) is 11.4 Å². The second-order valence-electron chi connectivity index (χ2n) is 4.73. The van der Waals surface area contributed by atoms with Crippen molar-refractivity contribution in [2.75, 3.05) is 11.5 Å². The smallest absolute Gasteiger partial charge is 0.163 e. The minimum absolute atomic E-state index is 0.169. The largest absolute Gasteiger partial charge is 0.456 e. The molecule has 0 aliphatic carbocycles. The second-order valence-corrected chi connectivity index (χ2v) is 4.73. The van der Waals surface area contributed by atoms with E-state index in [9.17, 15) is 9.59 Å². The Morgan fingerprint density at radius 3 is 1.52 bits per heavy atom. The number of rotatable bonds is 4. The molecule has 0 heterocycles. The van der Waals surface area contributed by atoms with Gasteiger partial charge >= 0.3 is 0 Å². The number of ketones is 2. The minimum atomic E-state index is -0.169. The Bertz CT molecular complexity index is 662. The Morgan fingerprint density at radius 1 is 0.810 bits per heavy atom. The summed E-state index contributed by atoms with van der Waals surface area (Å²) in [6.07, 6.45) is 0. The van der Waals surface area contributed by atoms with Crippen molar-refractivity contribution in [1.29, 1.82) is 0 Å². The predicted molar refractivity (Wildman–Crippen MR) is 81.8 cm³/mol. The van der Waals surface area contributed by atoms with E-state index in [1.54, 1.807) is 36.4 Å². The maximum absolute atomic E-state index is 11.7. The van der Waals surface area contributed by atoms with Crippen LogP contribution in [0.15, 0.2) is 36.4 Å². The highest BCUT2D eigenvalue weighted by molar-refractivity contribution is 5.99. The Morgan fingerprint density at radius 2 is 1.19 bits per heavy atom. The number of anilines is 2. The van der Waals surface area contributed by atoms with Gasteiger partial charge in [-0.15, -0.1) is 0 Å².